The van der Waals surface area contributed by atoms with E-state index in [-0.39, 0.29) is 0 Å². The van der Waals surface area contributed by atoms with Crippen molar-refractivity contribution >= 4 is 16.5 Å². The van der Waals surface area contributed by atoms with Gasteiger partial charge in [0.2, 0.25) is 0 Å². The summed E-state index contributed by atoms with van der Waals surface area (Å²) < 4.78 is 0. The first-order valence-electron chi connectivity index (χ1n) is 7.38. The molecule has 102 valence electrons. The Bertz CT molecular complexity index is 730. The van der Waals surface area contributed by atoms with Gasteiger partial charge in [0, 0.05) is 27.9 Å². The van der Waals surface area contributed by atoms with Crippen LogP contribution in [-0.2, 0) is 0 Å². The number of nitrogens with zero attached hydrogens (tertiary/aromatic N) is 1. The van der Waals surface area contributed by atoms with Gasteiger partial charge in [-0.2, -0.15) is 5.11 Å². The van der Waals surface area contributed by atoms with Crippen molar-refractivity contribution < 1.29 is 0 Å². The Labute approximate surface area is 117 Å². The van der Waals surface area contributed by atoms with Crippen LogP contribution in [0.25, 0.3) is 22.0 Å². The molecule has 20 heavy (non-hydrogen) atoms. The van der Waals surface area contributed by atoms with Gasteiger partial charge in [-0.25, -0.2) is 5.53 Å². The monoisotopic (exact) mass is 266 g/mol. The molecule has 1 saturated carbocycles. The average Bonchev–Trinajstić information content (AvgIpc) is 3.06. The SMILES string of the molecule is N=Nc1c2c(C3CCCCC3)[nH][nH]c-2c2ccccc12. The number of H-pyrrole nitrogens is 2. The van der Waals surface area contributed by atoms with Crippen molar-refractivity contribution in [3.8, 4) is 11.3 Å². The van der Waals surface area contributed by atoms with Crippen LogP contribution < -0.4 is 0 Å². The van der Waals surface area contributed by atoms with Gasteiger partial charge >= 0.3 is 0 Å². The van der Waals surface area contributed by atoms with Crippen molar-refractivity contribution in [2.75, 3.05) is 0 Å². The lowest BCUT2D eigenvalue weighted by Gasteiger charge is -2.21. The van der Waals surface area contributed by atoms with Crippen LogP contribution in [0.3, 0.4) is 0 Å². The second-order valence-corrected chi connectivity index (χ2v) is 5.75. The maximum atomic E-state index is 7.57. The molecule has 0 spiro atoms. The molecule has 4 nitrogen and oxygen atoms in total. The minimum absolute atomic E-state index is 0.579. The Balaban J connectivity index is 1.95. The Kier molecular flexibility index (Phi) is 2.62. The maximum absolute atomic E-state index is 7.57. The van der Waals surface area contributed by atoms with Gasteiger partial charge in [0.05, 0.1) is 5.69 Å². The smallest absolute Gasteiger partial charge is 0.104 e. The number of aromatic nitrogens is 2. The summed E-state index contributed by atoms with van der Waals surface area (Å²) in [4.78, 5) is 0. The van der Waals surface area contributed by atoms with Gasteiger partial charge in [0.15, 0.2) is 0 Å². The number of nitrogens with one attached hydrogen (secondary N) is 3. The zero-order valence-corrected chi connectivity index (χ0v) is 11.4. The van der Waals surface area contributed by atoms with E-state index in [1.807, 2.05) is 12.1 Å². The summed E-state index contributed by atoms with van der Waals surface area (Å²) in [7, 11) is 0. The lowest BCUT2D eigenvalue weighted by atomic mass is 9.85. The van der Waals surface area contributed by atoms with E-state index in [1.165, 1.54) is 37.8 Å². The minimum atomic E-state index is 0.579. The third kappa shape index (κ3) is 1.54. The Hall–Kier alpha value is -2.10. The Morgan fingerprint density at radius 2 is 1.75 bits per heavy atom. The third-order valence-corrected chi connectivity index (χ3v) is 4.66. The molecule has 4 heteroatoms. The quantitative estimate of drug-likeness (QED) is 0.526. The van der Waals surface area contributed by atoms with Crippen molar-refractivity contribution in [1.29, 1.82) is 5.53 Å². The molecule has 1 aliphatic heterocycles. The van der Waals surface area contributed by atoms with E-state index in [4.69, 9.17) is 5.53 Å². The number of aromatic amines is 2. The van der Waals surface area contributed by atoms with Crippen LogP contribution in [-0.4, -0.2) is 10.2 Å². The van der Waals surface area contributed by atoms with Gasteiger partial charge in [0.25, 0.3) is 0 Å². The van der Waals surface area contributed by atoms with Gasteiger partial charge in [-0.05, 0) is 12.8 Å². The van der Waals surface area contributed by atoms with Gasteiger partial charge < -0.3 is 5.10 Å². The summed E-state index contributed by atoms with van der Waals surface area (Å²) in [5, 5.41) is 12.7. The fraction of sp³-hybridized carbons (Fsp3) is 0.375. The van der Waals surface area contributed by atoms with E-state index in [0.29, 0.717) is 5.92 Å². The van der Waals surface area contributed by atoms with Crippen LogP contribution in [0.15, 0.2) is 29.4 Å². The Morgan fingerprint density at radius 1 is 1.00 bits per heavy atom. The first-order chi connectivity index (χ1) is 9.90. The number of benzene rings is 1. The highest BCUT2D eigenvalue weighted by molar-refractivity contribution is 6.11. The van der Waals surface area contributed by atoms with Crippen LogP contribution >= 0.6 is 0 Å². The topological polar surface area (TPSA) is 67.8 Å². The largest absolute Gasteiger partial charge is 0.304 e. The van der Waals surface area contributed by atoms with E-state index < -0.39 is 0 Å². The van der Waals surface area contributed by atoms with Crippen LogP contribution in [0.5, 0.6) is 0 Å². The molecule has 3 aliphatic rings. The molecule has 0 amide bonds. The number of hydrogen-bond donors (Lipinski definition) is 3. The van der Waals surface area contributed by atoms with Gasteiger partial charge in [-0.1, -0.05) is 43.5 Å². The molecule has 3 N–H and O–H groups in total. The molecule has 0 atom stereocenters. The van der Waals surface area contributed by atoms with Crippen molar-refractivity contribution in [3.63, 3.8) is 0 Å². The molecule has 2 aliphatic carbocycles. The first kappa shape index (κ1) is 11.7. The Morgan fingerprint density at radius 3 is 2.50 bits per heavy atom. The molecule has 1 heterocycles. The normalized spacial score (nSPS) is 17.0. The average molecular weight is 266 g/mol. The fourth-order valence-electron chi connectivity index (χ4n) is 3.69. The molecule has 0 radical (unpaired) electrons. The summed E-state index contributed by atoms with van der Waals surface area (Å²) in [5.74, 6) is 0.579. The van der Waals surface area contributed by atoms with Crippen LogP contribution in [0.1, 0.15) is 43.7 Å². The third-order valence-electron chi connectivity index (χ3n) is 4.66. The van der Waals surface area contributed by atoms with Crippen molar-refractivity contribution in [3.05, 3.63) is 30.0 Å². The molecule has 0 aromatic heterocycles. The molecule has 0 bridgehead atoms. The van der Waals surface area contributed by atoms with Gasteiger partial charge in [-0.3, -0.25) is 5.10 Å². The number of fused-ring (bicyclic) bond motifs is 3. The first-order valence-corrected chi connectivity index (χ1v) is 7.38. The summed E-state index contributed by atoms with van der Waals surface area (Å²) in [6.07, 6.45) is 6.44. The second kappa shape index (κ2) is 4.47. The molecule has 1 aromatic rings. The zero-order valence-electron chi connectivity index (χ0n) is 11.4. The highest BCUT2D eigenvalue weighted by Gasteiger charge is 2.28. The summed E-state index contributed by atoms with van der Waals surface area (Å²) in [6.45, 7) is 0. The summed E-state index contributed by atoms with van der Waals surface area (Å²) >= 11 is 0. The van der Waals surface area contributed by atoms with Crippen LogP contribution in [0.2, 0.25) is 0 Å². The maximum Gasteiger partial charge on any atom is 0.104 e. The molecule has 4 rings (SSSR count). The highest BCUT2D eigenvalue weighted by atomic mass is 15.1. The van der Waals surface area contributed by atoms with E-state index in [0.717, 1.165) is 27.7 Å². The van der Waals surface area contributed by atoms with Gasteiger partial charge in [-0.15, -0.1) is 0 Å². The zero-order chi connectivity index (χ0) is 13.5. The standard InChI is InChI=1S/C16H18N4/c17-18-15-11-8-4-5-9-12(11)16-13(15)14(19-20-16)10-6-2-1-3-7-10/h4-5,8-10,17,19-20H,1-3,6-7H2. The lowest BCUT2D eigenvalue weighted by Crippen LogP contribution is -2.05. The van der Waals surface area contributed by atoms with Crippen molar-refractivity contribution in [1.82, 2.24) is 10.2 Å². The lowest BCUT2D eigenvalue weighted by molar-refractivity contribution is 0.437. The second-order valence-electron chi connectivity index (χ2n) is 5.75. The minimum Gasteiger partial charge on any atom is -0.304 e. The van der Waals surface area contributed by atoms with E-state index >= 15 is 0 Å². The number of hydrogen-bond acceptors (Lipinski definition) is 2. The predicted octanol–water partition coefficient (Wildman–Crippen LogP) is 5.31. The molecule has 0 unspecified atom stereocenters. The summed E-state index contributed by atoms with van der Waals surface area (Å²) in [5.41, 5.74) is 11.9. The molecular formula is C16H18N4. The molecule has 1 aromatic carbocycles. The van der Waals surface area contributed by atoms with Crippen molar-refractivity contribution in [2.24, 2.45) is 5.11 Å². The predicted molar refractivity (Wildman–Crippen MR) is 79.9 cm³/mol. The van der Waals surface area contributed by atoms with E-state index in [1.54, 1.807) is 0 Å². The van der Waals surface area contributed by atoms with Crippen LogP contribution in [0, 0.1) is 5.53 Å². The highest BCUT2D eigenvalue weighted by Crippen LogP contribution is 2.48. The van der Waals surface area contributed by atoms with E-state index in [2.05, 4.69) is 27.4 Å². The molecule has 0 saturated heterocycles. The molecular weight excluding hydrogens is 248 g/mol. The molecule has 1 fully saturated rings. The van der Waals surface area contributed by atoms with E-state index in [9.17, 15) is 0 Å². The van der Waals surface area contributed by atoms with Gasteiger partial charge in [0.1, 0.15) is 5.69 Å². The van der Waals surface area contributed by atoms with Crippen molar-refractivity contribution in [2.45, 2.75) is 38.0 Å². The summed E-state index contributed by atoms with van der Waals surface area (Å²) in [6, 6.07) is 8.21. The number of rotatable bonds is 2. The fourth-order valence-corrected chi connectivity index (χ4v) is 3.69. The van der Waals surface area contributed by atoms with Crippen LogP contribution in [0.4, 0.5) is 5.69 Å².